The van der Waals surface area contributed by atoms with Gasteiger partial charge in [-0.15, -0.1) is 18.0 Å². The van der Waals surface area contributed by atoms with Crippen LogP contribution in [0.25, 0.3) is 0 Å². The molecule has 0 N–H and O–H groups in total. The highest BCUT2D eigenvalue weighted by atomic mass is 35.5. The van der Waals surface area contributed by atoms with Gasteiger partial charge in [-0.1, -0.05) is 25.3 Å². The molecule has 0 amide bonds. The molecule has 0 saturated heterocycles. The maximum atomic E-state index is 5.44. The summed E-state index contributed by atoms with van der Waals surface area (Å²) < 4.78 is 0. The van der Waals surface area contributed by atoms with E-state index in [9.17, 15) is 0 Å². The Balaban J connectivity index is 3.71. The summed E-state index contributed by atoms with van der Waals surface area (Å²) in [5.74, 6) is 3.11. The average molecular weight is 143 g/mol. The number of hydrogen-bond donors (Lipinski definition) is 0. The Kier molecular flexibility index (Phi) is 5.46. The molecule has 0 fully saturated rings. The van der Waals surface area contributed by atoms with Gasteiger partial charge in [0.2, 0.25) is 0 Å². The molecule has 0 spiro atoms. The molecule has 0 rings (SSSR count). The van der Waals surface area contributed by atoms with Crippen LogP contribution in [0.3, 0.4) is 0 Å². The predicted molar refractivity (Wildman–Crippen MR) is 42.5 cm³/mol. The Labute approximate surface area is 61.9 Å². The molecule has 0 aromatic heterocycles. The quantitative estimate of drug-likeness (QED) is 0.420. The van der Waals surface area contributed by atoms with Crippen molar-refractivity contribution < 1.29 is 0 Å². The number of alkyl halides is 1. The lowest BCUT2D eigenvalue weighted by atomic mass is 10.1. The van der Waals surface area contributed by atoms with Crippen molar-refractivity contribution in [3.63, 3.8) is 0 Å². The van der Waals surface area contributed by atoms with E-state index < -0.39 is 0 Å². The highest BCUT2D eigenvalue weighted by Crippen LogP contribution is 2.02. The number of halogens is 1. The van der Waals surface area contributed by atoms with Crippen LogP contribution in [0.1, 0.15) is 19.8 Å². The van der Waals surface area contributed by atoms with Gasteiger partial charge < -0.3 is 0 Å². The lowest BCUT2D eigenvalue weighted by Crippen LogP contribution is -1.77. The molecular weight excluding hydrogens is 132 g/mol. The van der Waals surface area contributed by atoms with Gasteiger partial charge in [0.1, 0.15) is 0 Å². The fraction of sp³-hybridized carbons (Fsp3) is 0.500. The molecule has 0 radical (unpaired) electrons. The molecule has 0 aliphatic rings. The van der Waals surface area contributed by atoms with Gasteiger partial charge in [-0.25, -0.2) is 0 Å². The predicted octanol–water partition coefficient (Wildman–Crippen LogP) is 2.58. The molecule has 0 aliphatic carbocycles. The molecule has 0 saturated carbocycles. The SMILES string of the molecule is C#C/C(=C/CCl)CCC. The summed E-state index contributed by atoms with van der Waals surface area (Å²) in [4.78, 5) is 0. The summed E-state index contributed by atoms with van der Waals surface area (Å²) in [6.07, 6.45) is 9.11. The fourth-order valence-electron chi connectivity index (χ4n) is 0.596. The van der Waals surface area contributed by atoms with Gasteiger partial charge in [0.15, 0.2) is 0 Å². The Morgan fingerprint density at radius 3 is 2.78 bits per heavy atom. The zero-order valence-electron chi connectivity index (χ0n) is 5.65. The van der Waals surface area contributed by atoms with E-state index >= 15 is 0 Å². The summed E-state index contributed by atoms with van der Waals surface area (Å²) in [5, 5.41) is 0. The van der Waals surface area contributed by atoms with E-state index in [-0.39, 0.29) is 0 Å². The molecule has 0 bridgehead atoms. The van der Waals surface area contributed by atoms with Crippen LogP contribution in [0.15, 0.2) is 11.6 Å². The summed E-state index contributed by atoms with van der Waals surface area (Å²) in [6.45, 7) is 2.10. The molecule has 0 heterocycles. The second-order valence-electron chi connectivity index (χ2n) is 1.78. The minimum absolute atomic E-state index is 0.527. The summed E-state index contributed by atoms with van der Waals surface area (Å²) in [6, 6.07) is 0. The largest absolute Gasteiger partial charge is 0.122 e. The lowest BCUT2D eigenvalue weighted by Gasteiger charge is -1.92. The van der Waals surface area contributed by atoms with E-state index in [1.807, 2.05) is 6.08 Å². The molecule has 0 aliphatic heterocycles. The molecule has 9 heavy (non-hydrogen) atoms. The van der Waals surface area contributed by atoms with E-state index in [0.29, 0.717) is 5.88 Å². The lowest BCUT2D eigenvalue weighted by molar-refractivity contribution is 0.931. The molecule has 1 heteroatoms. The third kappa shape index (κ3) is 4.12. The number of hydrogen-bond acceptors (Lipinski definition) is 0. The zero-order chi connectivity index (χ0) is 7.11. The molecule has 0 aromatic rings. The summed E-state index contributed by atoms with van der Waals surface area (Å²) in [5.41, 5.74) is 1.02. The van der Waals surface area contributed by atoms with Crippen molar-refractivity contribution in [3.8, 4) is 12.3 Å². The van der Waals surface area contributed by atoms with Crippen molar-refractivity contribution in [2.45, 2.75) is 19.8 Å². The van der Waals surface area contributed by atoms with Gasteiger partial charge >= 0.3 is 0 Å². The van der Waals surface area contributed by atoms with Crippen molar-refractivity contribution in [2.24, 2.45) is 0 Å². The standard InChI is InChI=1S/C8H11Cl/c1-3-5-8(4-2)6-7-9/h2,6H,3,5,7H2,1H3/b8-6-. The molecule has 0 unspecified atom stereocenters. The molecule has 0 atom stereocenters. The van der Waals surface area contributed by atoms with Crippen LogP contribution in [0.2, 0.25) is 0 Å². The van der Waals surface area contributed by atoms with Gasteiger partial charge in [0.25, 0.3) is 0 Å². The van der Waals surface area contributed by atoms with E-state index in [1.165, 1.54) is 0 Å². The molecular formula is C8H11Cl. The fourth-order valence-corrected chi connectivity index (χ4v) is 0.782. The second kappa shape index (κ2) is 5.72. The summed E-state index contributed by atoms with van der Waals surface area (Å²) >= 11 is 5.44. The van der Waals surface area contributed by atoms with Crippen molar-refractivity contribution >= 4 is 11.6 Å². The third-order valence-electron chi connectivity index (χ3n) is 1.03. The maximum absolute atomic E-state index is 5.44. The highest BCUT2D eigenvalue weighted by Gasteiger charge is 1.86. The first-order valence-corrected chi connectivity index (χ1v) is 3.60. The summed E-state index contributed by atoms with van der Waals surface area (Å²) in [7, 11) is 0. The third-order valence-corrected chi connectivity index (χ3v) is 1.18. The zero-order valence-corrected chi connectivity index (χ0v) is 6.41. The van der Waals surface area contributed by atoms with E-state index in [1.54, 1.807) is 0 Å². The van der Waals surface area contributed by atoms with E-state index in [4.69, 9.17) is 18.0 Å². The molecule has 0 aromatic carbocycles. The Morgan fingerprint density at radius 1 is 1.78 bits per heavy atom. The minimum Gasteiger partial charge on any atom is -0.122 e. The van der Waals surface area contributed by atoms with Gasteiger partial charge in [-0.3, -0.25) is 0 Å². The van der Waals surface area contributed by atoms with Gasteiger partial charge in [-0.2, -0.15) is 0 Å². The molecule has 50 valence electrons. The van der Waals surface area contributed by atoms with Gasteiger partial charge in [0, 0.05) is 5.88 Å². The van der Waals surface area contributed by atoms with Crippen LogP contribution in [0.5, 0.6) is 0 Å². The monoisotopic (exact) mass is 142 g/mol. The topological polar surface area (TPSA) is 0 Å². The number of terminal acetylenes is 1. The maximum Gasteiger partial charge on any atom is 0.0415 e. The second-order valence-corrected chi connectivity index (χ2v) is 2.09. The Bertz CT molecular complexity index is 128. The number of rotatable bonds is 3. The Hall–Kier alpha value is -0.410. The van der Waals surface area contributed by atoms with Crippen molar-refractivity contribution in [1.29, 1.82) is 0 Å². The highest BCUT2D eigenvalue weighted by molar-refractivity contribution is 6.19. The first kappa shape index (κ1) is 8.59. The van der Waals surface area contributed by atoms with Crippen LogP contribution in [-0.4, -0.2) is 5.88 Å². The van der Waals surface area contributed by atoms with Crippen LogP contribution >= 0.6 is 11.6 Å². The normalized spacial score (nSPS) is 11.0. The van der Waals surface area contributed by atoms with Gasteiger partial charge in [0.05, 0.1) is 0 Å². The minimum atomic E-state index is 0.527. The first-order valence-electron chi connectivity index (χ1n) is 3.06. The molecule has 0 nitrogen and oxygen atoms in total. The van der Waals surface area contributed by atoms with Crippen LogP contribution in [-0.2, 0) is 0 Å². The average Bonchev–Trinajstić information content (AvgIpc) is 1.88. The Morgan fingerprint density at radius 2 is 2.44 bits per heavy atom. The van der Waals surface area contributed by atoms with E-state index in [0.717, 1.165) is 18.4 Å². The van der Waals surface area contributed by atoms with Crippen LogP contribution in [0, 0.1) is 12.3 Å². The van der Waals surface area contributed by atoms with Gasteiger partial charge in [-0.05, 0) is 12.0 Å². The van der Waals surface area contributed by atoms with Crippen molar-refractivity contribution in [3.05, 3.63) is 11.6 Å². The van der Waals surface area contributed by atoms with E-state index in [2.05, 4.69) is 12.8 Å². The van der Waals surface area contributed by atoms with Crippen molar-refractivity contribution in [2.75, 3.05) is 5.88 Å². The number of allylic oxidation sites excluding steroid dienone is 2. The first-order chi connectivity index (χ1) is 4.35. The van der Waals surface area contributed by atoms with Crippen LogP contribution in [0.4, 0.5) is 0 Å². The van der Waals surface area contributed by atoms with Crippen molar-refractivity contribution in [1.82, 2.24) is 0 Å². The van der Waals surface area contributed by atoms with Crippen LogP contribution < -0.4 is 0 Å². The smallest absolute Gasteiger partial charge is 0.0415 e.